The zero-order valence-electron chi connectivity index (χ0n) is 17.7. The Balaban J connectivity index is 0.00000420. The van der Waals surface area contributed by atoms with Crippen LogP contribution < -0.4 is 21.1 Å². The van der Waals surface area contributed by atoms with E-state index in [-0.39, 0.29) is 42.3 Å². The maximum atomic E-state index is 12.8. The summed E-state index contributed by atoms with van der Waals surface area (Å²) in [6.45, 7) is 6.13. The number of anilines is 1. The minimum atomic E-state index is -0.584. The summed E-state index contributed by atoms with van der Waals surface area (Å²) in [6, 6.07) is 8.70. The third-order valence-electron chi connectivity index (χ3n) is 5.09. The van der Waals surface area contributed by atoms with Gasteiger partial charge in [-0.05, 0) is 37.5 Å². The number of hydrogen-bond acceptors (Lipinski definition) is 5. The number of aromatic nitrogens is 1. The van der Waals surface area contributed by atoms with Gasteiger partial charge in [-0.3, -0.25) is 14.6 Å². The molecule has 2 aromatic rings. The molecule has 0 spiro atoms. The SMILES string of the molecule is CCC(CC)(CN)C(=O)Nc1ccc(C)c(Oc2ccnc(C(=O)NC)c2)c1.Cl.Cl. The summed E-state index contributed by atoms with van der Waals surface area (Å²) in [7, 11) is 1.54. The van der Waals surface area contributed by atoms with Gasteiger partial charge < -0.3 is 21.1 Å². The molecule has 0 aliphatic rings. The fourth-order valence-electron chi connectivity index (χ4n) is 2.86. The number of pyridine rings is 1. The molecule has 0 atom stereocenters. The predicted octanol–water partition coefficient (Wildman–Crippen LogP) is 4.09. The van der Waals surface area contributed by atoms with Crippen molar-refractivity contribution < 1.29 is 14.3 Å². The lowest BCUT2D eigenvalue weighted by Crippen LogP contribution is -2.41. The van der Waals surface area contributed by atoms with E-state index in [2.05, 4.69) is 15.6 Å². The highest BCUT2D eigenvalue weighted by Gasteiger charge is 2.33. The number of amides is 2. The molecule has 0 fully saturated rings. The van der Waals surface area contributed by atoms with E-state index >= 15 is 0 Å². The van der Waals surface area contributed by atoms with Gasteiger partial charge in [-0.1, -0.05) is 19.9 Å². The highest BCUT2D eigenvalue weighted by atomic mass is 35.5. The number of nitrogens with one attached hydrogen (secondary N) is 2. The van der Waals surface area contributed by atoms with Crippen LogP contribution in [0.2, 0.25) is 0 Å². The number of carbonyl (C=O) groups is 2. The first kappa shape index (κ1) is 27.6. The summed E-state index contributed by atoms with van der Waals surface area (Å²) in [5.74, 6) is 0.679. The van der Waals surface area contributed by atoms with Gasteiger partial charge in [0.15, 0.2) is 0 Å². The van der Waals surface area contributed by atoms with Gasteiger partial charge in [-0.25, -0.2) is 0 Å². The van der Waals surface area contributed by atoms with Crippen LogP contribution in [0.1, 0.15) is 42.7 Å². The molecule has 0 aliphatic carbocycles. The molecule has 1 aromatic heterocycles. The molecule has 166 valence electrons. The molecule has 0 radical (unpaired) electrons. The quantitative estimate of drug-likeness (QED) is 0.554. The fourth-order valence-corrected chi connectivity index (χ4v) is 2.86. The molecule has 0 saturated carbocycles. The minimum absolute atomic E-state index is 0. The number of nitrogens with zero attached hydrogens (tertiary/aromatic N) is 1. The highest BCUT2D eigenvalue weighted by Crippen LogP contribution is 2.31. The Morgan fingerprint density at radius 3 is 2.37 bits per heavy atom. The summed E-state index contributed by atoms with van der Waals surface area (Å²) < 4.78 is 5.94. The van der Waals surface area contributed by atoms with Crippen molar-refractivity contribution >= 4 is 42.3 Å². The molecule has 0 aliphatic heterocycles. The second kappa shape index (κ2) is 12.4. The number of carbonyl (C=O) groups excluding carboxylic acids is 2. The van der Waals surface area contributed by atoms with Crippen molar-refractivity contribution in [1.82, 2.24) is 10.3 Å². The van der Waals surface area contributed by atoms with E-state index in [0.29, 0.717) is 36.6 Å². The van der Waals surface area contributed by atoms with Crippen LogP contribution in [0, 0.1) is 12.3 Å². The molecule has 1 heterocycles. The number of hydrogen-bond donors (Lipinski definition) is 3. The van der Waals surface area contributed by atoms with E-state index in [4.69, 9.17) is 10.5 Å². The Labute approximate surface area is 190 Å². The van der Waals surface area contributed by atoms with Crippen LogP contribution in [-0.2, 0) is 4.79 Å². The number of benzene rings is 1. The van der Waals surface area contributed by atoms with Crippen LogP contribution in [0.4, 0.5) is 5.69 Å². The van der Waals surface area contributed by atoms with Gasteiger partial charge in [0.05, 0.1) is 5.41 Å². The monoisotopic (exact) mass is 456 g/mol. The van der Waals surface area contributed by atoms with Crippen molar-refractivity contribution in [2.75, 3.05) is 18.9 Å². The number of halogens is 2. The molecule has 30 heavy (non-hydrogen) atoms. The average Bonchev–Trinajstić information content (AvgIpc) is 2.72. The molecule has 0 saturated heterocycles. The lowest BCUT2D eigenvalue weighted by Gasteiger charge is -2.28. The lowest BCUT2D eigenvalue weighted by molar-refractivity contribution is -0.125. The zero-order chi connectivity index (χ0) is 20.7. The van der Waals surface area contributed by atoms with E-state index in [1.165, 1.54) is 6.20 Å². The Hall–Kier alpha value is -2.35. The molecular weight excluding hydrogens is 427 g/mol. The highest BCUT2D eigenvalue weighted by molar-refractivity contribution is 5.95. The van der Waals surface area contributed by atoms with Gasteiger partial charge in [0.1, 0.15) is 17.2 Å². The minimum Gasteiger partial charge on any atom is -0.457 e. The van der Waals surface area contributed by atoms with Crippen molar-refractivity contribution in [3.8, 4) is 11.5 Å². The average molecular weight is 457 g/mol. The van der Waals surface area contributed by atoms with Gasteiger partial charge in [-0.15, -0.1) is 24.8 Å². The van der Waals surface area contributed by atoms with E-state index in [0.717, 1.165) is 5.56 Å². The number of nitrogens with two attached hydrogens (primary N) is 1. The molecule has 4 N–H and O–H groups in total. The second-order valence-corrected chi connectivity index (χ2v) is 6.68. The van der Waals surface area contributed by atoms with Crippen molar-refractivity contribution in [2.24, 2.45) is 11.1 Å². The van der Waals surface area contributed by atoms with Crippen LogP contribution in [0.15, 0.2) is 36.5 Å². The van der Waals surface area contributed by atoms with Gasteiger partial charge >= 0.3 is 0 Å². The Morgan fingerprint density at radius 1 is 1.13 bits per heavy atom. The first-order valence-corrected chi connectivity index (χ1v) is 9.37. The third-order valence-corrected chi connectivity index (χ3v) is 5.09. The van der Waals surface area contributed by atoms with E-state index in [9.17, 15) is 9.59 Å². The third kappa shape index (κ3) is 6.32. The Morgan fingerprint density at radius 2 is 1.80 bits per heavy atom. The predicted molar refractivity (Wildman–Crippen MR) is 124 cm³/mol. The van der Waals surface area contributed by atoms with Crippen LogP contribution >= 0.6 is 24.8 Å². The smallest absolute Gasteiger partial charge is 0.269 e. The van der Waals surface area contributed by atoms with Crippen molar-refractivity contribution in [3.63, 3.8) is 0 Å². The Bertz CT molecular complexity index is 850. The first-order chi connectivity index (χ1) is 13.4. The summed E-state index contributed by atoms with van der Waals surface area (Å²) in [6.07, 6.45) is 2.85. The van der Waals surface area contributed by atoms with Crippen molar-refractivity contribution in [3.05, 3.63) is 47.8 Å². The van der Waals surface area contributed by atoms with Crippen LogP contribution in [0.5, 0.6) is 11.5 Å². The van der Waals surface area contributed by atoms with Crippen molar-refractivity contribution in [2.45, 2.75) is 33.6 Å². The van der Waals surface area contributed by atoms with Crippen LogP contribution in [0.3, 0.4) is 0 Å². The van der Waals surface area contributed by atoms with Gasteiger partial charge in [-0.2, -0.15) is 0 Å². The lowest BCUT2D eigenvalue weighted by atomic mass is 9.81. The summed E-state index contributed by atoms with van der Waals surface area (Å²) in [5, 5.41) is 5.48. The fraction of sp³-hybridized carbons (Fsp3) is 0.381. The molecule has 9 heteroatoms. The molecule has 7 nitrogen and oxygen atoms in total. The number of ether oxygens (including phenoxy) is 1. The maximum absolute atomic E-state index is 12.8. The molecule has 0 unspecified atom stereocenters. The standard InChI is InChI=1S/C21H28N4O3.2ClH/c1-5-21(6-2,13-22)20(27)25-15-8-7-14(3)18(11-15)28-16-9-10-24-17(12-16)19(26)23-4;;/h7-12H,5-6,13,22H2,1-4H3,(H,23,26)(H,25,27);2*1H. The van der Waals surface area contributed by atoms with Crippen molar-refractivity contribution in [1.29, 1.82) is 0 Å². The number of rotatable bonds is 8. The first-order valence-electron chi connectivity index (χ1n) is 9.37. The molecular formula is C21H30Cl2N4O3. The maximum Gasteiger partial charge on any atom is 0.269 e. The van der Waals surface area contributed by atoms with Gasteiger partial charge in [0.25, 0.3) is 5.91 Å². The topological polar surface area (TPSA) is 106 Å². The number of aryl methyl sites for hydroxylation is 1. The summed E-state index contributed by atoms with van der Waals surface area (Å²) >= 11 is 0. The van der Waals surface area contributed by atoms with E-state index < -0.39 is 5.41 Å². The summed E-state index contributed by atoms with van der Waals surface area (Å²) in [4.78, 5) is 28.5. The second-order valence-electron chi connectivity index (χ2n) is 6.68. The largest absolute Gasteiger partial charge is 0.457 e. The Kier molecular flexibility index (Phi) is 11.4. The molecule has 2 rings (SSSR count). The molecule has 1 aromatic carbocycles. The molecule has 0 bridgehead atoms. The zero-order valence-corrected chi connectivity index (χ0v) is 19.3. The molecule has 2 amide bonds. The van der Waals surface area contributed by atoms with E-state index in [1.807, 2.05) is 32.9 Å². The van der Waals surface area contributed by atoms with Crippen LogP contribution in [-0.4, -0.2) is 30.4 Å². The van der Waals surface area contributed by atoms with E-state index in [1.54, 1.807) is 25.2 Å². The van der Waals surface area contributed by atoms with Gasteiger partial charge in [0.2, 0.25) is 5.91 Å². The normalized spacial score (nSPS) is 10.3. The summed E-state index contributed by atoms with van der Waals surface area (Å²) in [5.41, 5.74) is 7.07. The van der Waals surface area contributed by atoms with Gasteiger partial charge in [0, 0.05) is 37.6 Å². The van der Waals surface area contributed by atoms with Crippen LogP contribution in [0.25, 0.3) is 0 Å².